The lowest BCUT2D eigenvalue weighted by Gasteiger charge is -2.31. The van der Waals surface area contributed by atoms with E-state index in [0.717, 1.165) is 41.5 Å². The van der Waals surface area contributed by atoms with E-state index in [-0.39, 0.29) is 30.0 Å². The van der Waals surface area contributed by atoms with E-state index in [1.54, 1.807) is 11.0 Å². The predicted molar refractivity (Wildman–Crippen MR) is 117 cm³/mol. The summed E-state index contributed by atoms with van der Waals surface area (Å²) < 4.78 is 11.4. The minimum atomic E-state index is -0.371. The van der Waals surface area contributed by atoms with E-state index in [0.29, 0.717) is 18.0 Å². The van der Waals surface area contributed by atoms with Crippen LogP contribution in [0.5, 0.6) is 5.75 Å². The number of rotatable bonds is 5. The standard InChI is InChI=1S/C23H22N2O5S/c26-21-20(31-22(27)24-21)14-16-6-8-18(9-7-16)30-19-10-12-25(13-11-19)23(28)29-15-17-4-2-1-3-5-17/h1-9,14,19H,10-13,15H2,(H,24,26,27). The van der Waals surface area contributed by atoms with Crippen LogP contribution in [0.3, 0.4) is 0 Å². The Balaban J connectivity index is 1.23. The molecule has 1 N–H and O–H groups in total. The fourth-order valence-electron chi connectivity index (χ4n) is 3.37. The van der Waals surface area contributed by atoms with E-state index in [2.05, 4.69) is 5.32 Å². The van der Waals surface area contributed by atoms with Crippen molar-refractivity contribution in [3.05, 3.63) is 70.6 Å². The highest BCUT2D eigenvalue weighted by Gasteiger charge is 2.26. The zero-order valence-corrected chi connectivity index (χ0v) is 17.6. The van der Waals surface area contributed by atoms with Crippen molar-refractivity contribution >= 4 is 35.1 Å². The van der Waals surface area contributed by atoms with E-state index in [9.17, 15) is 14.4 Å². The lowest BCUT2D eigenvalue weighted by molar-refractivity contribution is -0.115. The molecule has 2 fully saturated rings. The number of carbonyl (C=O) groups excluding carboxylic acids is 3. The van der Waals surface area contributed by atoms with Crippen molar-refractivity contribution in [3.63, 3.8) is 0 Å². The van der Waals surface area contributed by atoms with Crippen LogP contribution in [0.4, 0.5) is 9.59 Å². The first-order chi connectivity index (χ1) is 15.1. The number of likely N-dealkylation sites (tertiary alicyclic amines) is 1. The molecule has 0 aliphatic carbocycles. The summed E-state index contributed by atoms with van der Waals surface area (Å²) >= 11 is 0.894. The molecule has 0 radical (unpaired) electrons. The maximum Gasteiger partial charge on any atom is 0.410 e. The van der Waals surface area contributed by atoms with Gasteiger partial charge >= 0.3 is 6.09 Å². The highest BCUT2D eigenvalue weighted by atomic mass is 32.2. The van der Waals surface area contributed by atoms with Crippen LogP contribution in [-0.4, -0.2) is 41.3 Å². The van der Waals surface area contributed by atoms with Gasteiger partial charge in [-0.3, -0.25) is 14.9 Å². The van der Waals surface area contributed by atoms with Gasteiger partial charge in [-0.15, -0.1) is 0 Å². The molecule has 0 bridgehead atoms. The number of ether oxygens (including phenoxy) is 2. The van der Waals surface area contributed by atoms with Gasteiger partial charge in [0.1, 0.15) is 18.5 Å². The summed E-state index contributed by atoms with van der Waals surface area (Å²) in [4.78, 5) is 37.2. The van der Waals surface area contributed by atoms with Crippen molar-refractivity contribution in [2.45, 2.75) is 25.6 Å². The van der Waals surface area contributed by atoms with Crippen LogP contribution in [0.1, 0.15) is 24.0 Å². The van der Waals surface area contributed by atoms with Gasteiger partial charge in [-0.1, -0.05) is 42.5 Å². The second kappa shape index (κ2) is 9.70. The van der Waals surface area contributed by atoms with Crippen molar-refractivity contribution in [1.29, 1.82) is 0 Å². The van der Waals surface area contributed by atoms with Crippen LogP contribution in [-0.2, 0) is 16.1 Å². The summed E-state index contributed by atoms with van der Waals surface area (Å²) in [7, 11) is 0. The van der Waals surface area contributed by atoms with Gasteiger partial charge in [0.05, 0.1) is 4.91 Å². The molecular formula is C23H22N2O5S. The fourth-order valence-corrected chi connectivity index (χ4v) is 4.06. The maximum atomic E-state index is 12.3. The molecule has 0 unspecified atom stereocenters. The Kier molecular flexibility index (Phi) is 6.57. The topological polar surface area (TPSA) is 84.9 Å². The third-order valence-corrected chi connectivity index (χ3v) is 5.84. The monoisotopic (exact) mass is 438 g/mol. The SMILES string of the molecule is O=C1NC(=O)C(=Cc2ccc(OC3CCN(C(=O)OCc4ccccc4)CC3)cc2)S1. The number of piperidine rings is 1. The van der Waals surface area contributed by atoms with Gasteiger partial charge in [0.15, 0.2) is 0 Å². The first-order valence-corrected chi connectivity index (χ1v) is 10.9. The normalized spacial score (nSPS) is 18.2. The zero-order valence-electron chi connectivity index (χ0n) is 16.8. The van der Waals surface area contributed by atoms with Crippen molar-refractivity contribution in [2.75, 3.05) is 13.1 Å². The lowest BCUT2D eigenvalue weighted by atomic mass is 10.1. The van der Waals surface area contributed by atoms with Crippen molar-refractivity contribution in [2.24, 2.45) is 0 Å². The number of benzene rings is 2. The number of imide groups is 1. The molecule has 0 spiro atoms. The lowest BCUT2D eigenvalue weighted by Crippen LogP contribution is -2.42. The van der Waals surface area contributed by atoms with E-state index in [1.807, 2.05) is 54.6 Å². The van der Waals surface area contributed by atoms with Crippen LogP contribution in [0, 0.1) is 0 Å². The number of hydrogen-bond acceptors (Lipinski definition) is 6. The Morgan fingerprint density at radius 1 is 1.06 bits per heavy atom. The van der Waals surface area contributed by atoms with Gasteiger partial charge < -0.3 is 14.4 Å². The Morgan fingerprint density at radius 3 is 2.42 bits per heavy atom. The van der Waals surface area contributed by atoms with Crippen molar-refractivity contribution in [1.82, 2.24) is 10.2 Å². The molecule has 2 aliphatic rings. The molecule has 2 aliphatic heterocycles. The Morgan fingerprint density at radius 2 is 1.77 bits per heavy atom. The average Bonchev–Trinajstić information content (AvgIpc) is 3.11. The number of amides is 3. The van der Waals surface area contributed by atoms with E-state index >= 15 is 0 Å². The van der Waals surface area contributed by atoms with Gasteiger partial charge in [0.25, 0.3) is 11.1 Å². The molecule has 0 aromatic heterocycles. The van der Waals surface area contributed by atoms with Gasteiger partial charge in [-0.2, -0.15) is 0 Å². The van der Waals surface area contributed by atoms with Gasteiger partial charge in [-0.05, 0) is 41.1 Å². The average molecular weight is 439 g/mol. The molecule has 31 heavy (non-hydrogen) atoms. The maximum absolute atomic E-state index is 12.3. The number of thioether (sulfide) groups is 1. The summed E-state index contributed by atoms with van der Waals surface area (Å²) in [6.45, 7) is 1.44. The summed E-state index contributed by atoms with van der Waals surface area (Å²) in [5, 5.41) is 1.88. The quantitative estimate of drug-likeness (QED) is 0.705. The van der Waals surface area contributed by atoms with Crippen LogP contribution >= 0.6 is 11.8 Å². The molecule has 0 saturated carbocycles. The molecule has 160 valence electrons. The minimum Gasteiger partial charge on any atom is -0.490 e. The summed E-state index contributed by atoms with van der Waals surface area (Å²) in [6, 6.07) is 17.0. The Hall–Kier alpha value is -3.26. The molecule has 2 aromatic rings. The van der Waals surface area contributed by atoms with Crippen LogP contribution in [0.2, 0.25) is 0 Å². The highest BCUT2D eigenvalue weighted by Crippen LogP contribution is 2.26. The number of nitrogens with zero attached hydrogens (tertiary/aromatic N) is 1. The first kappa shape index (κ1) is 21.0. The highest BCUT2D eigenvalue weighted by molar-refractivity contribution is 8.18. The third-order valence-electron chi connectivity index (χ3n) is 5.03. The molecule has 2 aromatic carbocycles. The Bertz CT molecular complexity index is 983. The number of carbonyl (C=O) groups is 3. The molecule has 8 heteroatoms. The molecule has 4 rings (SSSR count). The molecule has 7 nitrogen and oxygen atoms in total. The number of hydrogen-bond donors (Lipinski definition) is 1. The summed E-state index contributed by atoms with van der Waals surface area (Å²) in [5.74, 6) is 0.358. The van der Waals surface area contributed by atoms with E-state index in [1.165, 1.54) is 0 Å². The molecule has 0 atom stereocenters. The minimum absolute atomic E-state index is 0.0242. The largest absolute Gasteiger partial charge is 0.490 e. The van der Waals surface area contributed by atoms with Crippen LogP contribution < -0.4 is 10.1 Å². The molecule has 2 heterocycles. The van der Waals surface area contributed by atoms with Gasteiger partial charge in [-0.25, -0.2) is 4.79 Å². The zero-order chi connectivity index (χ0) is 21.6. The van der Waals surface area contributed by atoms with E-state index in [4.69, 9.17) is 9.47 Å². The van der Waals surface area contributed by atoms with Crippen LogP contribution in [0.15, 0.2) is 59.5 Å². The Labute approximate surface area is 184 Å². The summed E-state index contributed by atoms with van der Waals surface area (Å²) in [5.41, 5.74) is 1.78. The molecular weight excluding hydrogens is 416 g/mol. The van der Waals surface area contributed by atoms with Crippen LogP contribution in [0.25, 0.3) is 6.08 Å². The summed E-state index contributed by atoms with van der Waals surface area (Å²) in [6.07, 6.45) is 2.85. The van der Waals surface area contributed by atoms with Gasteiger partial charge in [0, 0.05) is 25.9 Å². The second-order valence-electron chi connectivity index (χ2n) is 7.27. The fraction of sp³-hybridized carbons (Fsp3) is 0.261. The van der Waals surface area contributed by atoms with E-state index < -0.39 is 0 Å². The first-order valence-electron chi connectivity index (χ1n) is 10.0. The third kappa shape index (κ3) is 5.67. The van der Waals surface area contributed by atoms with Crippen molar-refractivity contribution < 1.29 is 23.9 Å². The number of nitrogens with one attached hydrogen (secondary N) is 1. The smallest absolute Gasteiger partial charge is 0.410 e. The molecule has 3 amide bonds. The van der Waals surface area contributed by atoms with Gasteiger partial charge in [0.2, 0.25) is 0 Å². The van der Waals surface area contributed by atoms with Crippen molar-refractivity contribution in [3.8, 4) is 5.75 Å². The molecule has 2 saturated heterocycles. The predicted octanol–water partition coefficient (Wildman–Crippen LogP) is 4.19. The second-order valence-corrected chi connectivity index (χ2v) is 8.28.